The van der Waals surface area contributed by atoms with E-state index in [2.05, 4.69) is 5.32 Å². The number of nitrogens with one attached hydrogen (secondary N) is 1. The third kappa shape index (κ3) is 6.29. The van der Waals surface area contributed by atoms with Crippen LogP contribution < -0.4 is 10.2 Å². The fourth-order valence-corrected chi connectivity index (χ4v) is 4.45. The first-order valence-electron chi connectivity index (χ1n) is 10.1. The molecule has 32 heavy (non-hydrogen) atoms. The molecule has 2 aromatic rings. The highest BCUT2D eigenvalue weighted by Gasteiger charge is 2.41. The maximum Gasteiger partial charge on any atom is 0.252 e. The number of sulfone groups is 1. The van der Waals surface area contributed by atoms with E-state index in [1.807, 2.05) is 4.90 Å². The monoisotopic (exact) mass is 482 g/mol. The van der Waals surface area contributed by atoms with Crippen molar-refractivity contribution >= 4 is 33.0 Å². The number of nitrogens with zero attached hydrogens (tertiary/aromatic N) is 1. The molecule has 0 aromatic heterocycles. The van der Waals surface area contributed by atoms with E-state index in [0.717, 1.165) is 11.7 Å². The van der Waals surface area contributed by atoms with Crippen molar-refractivity contribution in [1.82, 2.24) is 5.32 Å². The van der Waals surface area contributed by atoms with Crippen LogP contribution in [0.3, 0.4) is 0 Å². The molecule has 0 aliphatic carbocycles. The van der Waals surface area contributed by atoms with Gasteiger partial charge < -0.3 is 10.2 Å². The van der Waals surface area contributed by atoms with Gasteiger partial charge in [-0.2, -0.15) is 0 Å². The fraction of sp³-hybridized carbons (Fsp3) is 0.348. The van der Waals surface area contributed by atoms with Crippen LogP contribution in [0.15, 0.2) is 60.0 Å². The summed E-state index contributed by atoms with van der Waals surface area (Å²) in [5.74, 6) is -3.15. The van der Waals surface area contributed by atoms with Gasteiger partial charge in [0.1, 0.15) is 0 Å². The van der Waals surface area contributed by atoms with Crippen LogP contribution in [0.4, 0.5) is 14.5 Å². The molecular formula is C23H25ClF2N2O3S. The fourth-order valence-electron chi connectivity index (χ4n) is 3.67. The van der Waals surface area contributed by atoms with Crippen molar-refractivity contribution in [2.45, 2.75) is 37.8 Å². The number of halogens is 3. The Morgan fingerprint density at radius 2 is 1.88 bits per heavy atom. The van der Waals surface area contributed by atoms with Gasteiger partial charge in [0.05, 0.1) is 6.04 Å². The maximum atomic E-state index is 14.2. The number of hydrogen-bond acceptors (Lipinski definition) is 4. The van der Waals surface area contributed by atoms with Gasteiger partial charge in [-0.3, -0.25) is 4.79 Å². The summed E-state index contributed by atoms with van der Waals surface area (Å²) in [5, 5.41) is 4.18. The minimum absolute atomic E-state index is 0.155. The van der Waals surface area contributed by atoms with E-state index in [1.165, 1.54) is 6.08 Å². The largest absolute Gasteiger partial charge is 0.364 e. The van der Waals surface area contributed by atoms with Crippen LogP contribution in [0.5, 0.6) is 0 Å². The van der Waals surface area contributed by atoms with Crippen LogP contribution in [-0.2, 0) is 9.84 Å². The molecule has 2 atom stereocenters. The molecule has 2 aromatic carbocycles. The third-order valence-corrected chi connectivity index (χ3v) is 6.28. The van der Waals surface area contributed by atoms with Gasteiger partial charge in [-0.15, -0.1) is 0 Å². The Morgan fingerprint density at radius 3 is 2.50 bits per heavy atom. The first-order valence-corrected chi connectivity index (χ1v) is 12.5. The van der Waals surface area contributed by atoms with Gasteiger partial charge in [0.15, 0.2) is 9.84 Å². The van der Waals surface area contributed by atoms with Gasteiger partial charge in [-0.25, -0.2) is 17.2 Å². The molecule has 1 heterocycles. The molecule has 1 aliphatic heterocycles. The standard InChI is InChI=1S/C23H25ClF2N2O3S/c1-16(11-14-32(2,30)31)27-22(29)17-7-9-18(10-8-17)28-13-12-23(25,26)15-21(28)19-5-3-4-6-20(19)24/h3-11,14,16,21H,12-13,15H2,1-2H3,(H,27,29)/b14-11+/t16-,21+/m1/s1. The molecule has 0 radical (unpaired) electrons. The lowest BCUT2D eigenvalue weighted by Gasteiger charge is -2.41. The summed E-state index contributed by atoms with van der Waals surface area (Å²) in [5.41, 5.74) is 1.74. The molecule has 1 amide bonds. The van der Waals surface area contributed by atoms with E-state index in [9.17, 15) is 22.0 Å². The number of amides is 1. The molecule has 0 spiro atoms. The predicted octanol–water partition coefficient (Wildman–Crippen LogP) is 4.99. The minimum Gasteiger partial charge on any atom is -0.364 e. The Kier molecular flexibility index (Phi) is 7.25. The number of anilines is 1. The Balaban J connectivity index is 1.78. The summed E-state index contributed by atoms with van der Waals surface area (Å²) >= 11 is 6.30. The van der Waals surface area contributed by atoms with Crippen molar-refractivity contribution < 1.29 is 22.0 Å². The highest BCUT2D eigenvalue weighted by atomic mass is 35.5. The van der Waals surface area contributed by atoms with Crippen molar-refractivity contribution in [2.24, 2.45) is 0 Å². The number of rotatable bonds is 6. The molecule has 1 saturated heterocycles. The normalized spacial score (nSPS) is 19.7. The average molecular weight is 483 g/mol. The highest BCUT2D eigenvalue weighted by Crippen LogP contribution is 2.43. The average Bonchev–Trinajstić information content (AvgIpc) is 2.72. The summed E-state index contributed by atoms with van der Waals surface area (Å²) in [6.07, 6.45) is 1.86. The quantitative estimate of drug-likeness (QED) is 0.629. The van der Waals surface area contributed by atoms with Crippen molar-refractivity contribution in [3.63, 3.8) is 0 Å². The Morgan fingerprint density at radius 1 is 1.22 bits per heavy atom. The van der Waals surface area contributed by atoms with Crippen LogP contribution in [-0.4, -0.2) is 39.1 Å². The van der Waals surface area contributed by atoms with Gasteiger partial charge in [-0.1, -0.05) is 35.9 Å². The smallest absolute Gasteiger partial charge is 0.252 e. The molecule has 0 unspecified atom stereocenters. The number of alkyl halides is 2. The Hall–Kier alpha value is -2.45. The lowest BCUT2D eigenvalue weighted by molar-refractivity contribution is -0.0342. The predicted molar refractivity (Wildman–Crippen MR) is 123 cm³/mol. The number of benzene rings is 2. The zero-order chi connectivity index (χ0) is 23.5. The molecular weight excluding hydrogens is 458 g/mol. The SMILES string of the molecule is C[C@H](/C=C/S(C)(=O)=O)NC(=O)c1ccc(N2CCC(F)(F)C[C@H]2c2ccccc2Cl)cc1. The highest BCUT2D eigenvalue weighted by molar-refractivity contribution is 7.93. The summed E-state index contributed by atoms with van der Waals surface area (Å²) < 4.78 is 50.9. The van der Waals surface area contributed by atoms with Crippen LogP contribution in [0.25, 0.3) is 0 Å². The molecule has 9 heteroatoms. The van der Waals surface area contributed by atoms with Crippen LogP contribution in [0, 0.1) is 0 Å². The van der Waals surface area contributed by atoms with E-state index in [0.29, 0.717) is 21.8 Å². The maximum absolute atomic E-state index is 14.2. The van der Waals surface area contributed by atoms with Crippen LogP contribution >= 0.6 is 11.6 Å². The molecule has 0 bridgehead atoms. The second-order valence-electron chi connectivity index (χ2n) is 8.01. The van der Waals surface area contributed by atoms with E-state index in [1.54, 1.807) is 55.5 Å². The number of carbonyl (C=O) groups is 1. The number of hydrogen-bond donors (Lipinski definition) is 1. The zero-order valence-corrected chi connectivity index (χ0v) is 19.3. The van der Waals surface area contributed by atoms with E-state index in [4.69, 9.17) is 11.6 Å². The number of carbonyl (C=O) groups excluding carboxylic acids is 1. The minimum atomic E-state index is -3.28. The van der Waals surface area contributed by atoms with Crippen molar-refractivity contribution in [2.75, 3.05) is 17.7 Å². The molecule has 1 N–H and O–H groups in total. The third-order valence-electron chi connectivity index (χ3n) is 5.29. The summed E-state index contributed by atoms with van der Waals surface area (Å²) in [4.78, 5) is 14.3. The van der Waals surface area contributed by atoms with Gasteiger partial charge >= 0.3 is 0 Å². The van der Waals surface area contributed by atoms with Crippen molar-refractivity contribution in [3.05, 3.63) is 76.2 Å². The van der Waals surface area contributed by atoms with Gasteiger partial charge in [0, 0.05) is 53.4 Å². The lowest BCUT2D eigenvalue weighted by atomic mass is 9.92. The summed E-state index contributed by atoms with van der Waals surface area (Å²) in [6, 6.07) is 12.6. The molecule has 0 saturated carbocycles. The molecule has 1 fully saturated rings. The van der Waals surface area contributed by atoms with E-state index >= 15 is 0 Å². The zero-order valence-electron chi connectivity index (χ0n) is 17.8. The Bertz CT molecular complexity index is 1100. The van der Waals surface area contributed by atoms with E-state index in [-0.39, 0.29) is 25.3 Å². The van der Waals surface area contributed by atoms with Crippen molar-refractivity contribution in [3.8, 4) is 0 Å². The van der Waals surface area contributed by atoms with Crippen LogP contribution in [0.2, 0.25) is 5.02 Å². The molecule has 5 nitrogen and oxygen atoms in total. The summed E-state index contributed by atoms with van der Waals surface area (Å²) in [7, 11) is -3.28. The van der Waals surface area contributed by atoms with Crippen molar-refractivity contribution in [1.29, 1.82) is 0 Å². The Labute approximate surface area is 192 Å². The first kappa shape index (κ1) is 24.2. The molecule has 3 rings (SSSR count). The van der Waals surface area contributed by atoms with E-state index < -0.39 is 27.8 Å². The lowest BCUT2D eigenvalue weighted by Crippen LogP contribution is -2.42. The van der Waals surface area contributed by atoms with Gasteiger partial charge in [0.25, 0.3) is 11.8 Å². The van der Waals surface area contributed by atoms with Crippen LogP contribution in [0.1, 0.15) is 41.7 Å². The topological polar surface area (TPSA) is 66.5 Å². The first-order chi connectivity index (χ1) is 15.0. The molecule has 1 aliphatic rings. The van der Waals surface area contributed by atoms with Gasteiger partial charge in [0.2, 0.25) is 0 Å². The molecule has 172 valence electrons. The summed E-state index contributed by atoms with van der Waals surface area (Å²) in [6.45, 7) is 1.82. The second-order valence-corrected chi connectivity index (χ2v) is 10.3. The number of piperidine rings is 1. The van der Waals surface area contributed by atoms with Gasteiger partial charge in [-0.05, 0) is 42.8 Å². The second kappa shape index (κ2) is 9.58.